The fraction of sp³-hybridized carbons (Fsp3) is 0.458. The number of rotatable bonds is 11. The zero-order valence-corrected chi connectivity index (χ0v) is 18.4. The minimum atomic E-state index is 0.0147. The van der Waals surface area contributed by atoms with E-state index in [0.717, 1.165) is 31.4 Å². The molecule has 0 bridgehead atoms. The highest BCUT2D eigenvalue weighted by atomic mass is 16.5. The summed E-state index contributed by atoms with van der Waals surface area (Å²) in [7, 11) is 4.74. The Hall–Kier alpha value is -2.73. The van der Waals surface area contributed by atoms with E-state index in [2.05, 4.69) is 41.4 Å². The van der Waals surface area contributed by atoms with Crippen LogP contribution in [0.1, 0.15) is 36.5 Å². The van der Waals surface area contributed by atoms with Gasteiger partial charge in [0.05, 0.1) is 27.9 Å². The molecule has 0 radical (unpaired) electrons. The van der Waals surface area contributed by atoms with Gasteiger partial charge in [-0.15, -0.1) is 0 Å². The van der Waals surface area contributed by atoms with Crippen molar-refractivity contribution >= 4 is 5.91 Å². The van der Waals surface area contributed by atoms with E-state index in [9.17, 15) is 4.79 Å². The topological polar surface area (TPSA) is 60.0 Å². The summed E-state index contributed by atoms with van der Waals surface area (Å²) in [4.78, 5) is 14.9. The maximum absolute atomic E-state index is 12.6. The molecule has 1 fully saturated rings. The lowest BCUT2D eigenvalue weighted by atomic mass is 10.1. The van der Waals surface area contributed by atoms with Crippen molar-refractivity contribution in [2.24, 2.45) is 0 Å². The molecule has 6 heteroatoms. The van der Waals surface area contributed by atoms with Gasteiger partial charge in [-0.2, -0.15) is 0 Å². The van der Waals surface area contributed by atoms with E-state index < -0.39 is 0 Å². The lowest BCUT2D eigenvalue weighted by Gasteiger charge is -2.22. The highest BCUT2D eigenvalue weighted by molar-refractivity contribution is 5.78. The fourth-order valence-corrected chi connectivity index (χ4v) is 3.55. The molecule has 1 aliphatic carbocycles. The summed E-state index contributed by atoms with van der Waals surface area (Å²) < 4.78 is 16.1. The van der Waals surface area contributed by atoms with Crippen LogP contribution in [0.5, 0.6) is 17.2 Å². The van der Waals surface area contributed by atoms with Gasteiger partial charge in [0, 0.05) is 19.1 Å². The Labute approximate surface area is 179 Å². The van der Waals surface area contributed by atoms with Crippen LogP contribution in [0, 0.1) is 0 Å². The maximum atomic E-state index is 12.6. The molecule has 1 aliphatic rings. The first-order valence-corrected chi connectivity index (χ1v) is 10.4. The van der Waals surface area contributed by atoms with Gasteiger partial charge in [0.2, 0.25) is 11.7 Å². The molecule has 0 aromatic heterocycles. The van der Waals surface area contributed by atoms with Gasteiger partial charge in [-0.1, -0.05) is 31.2 Å². The minimum Gasteiger partial charge on any atom is -0.493 e. The number of carbonyl (C=O) groups excluding carboxylic acids is 1. The molecule has 2 aromatic carbocycles. The second-order valence-corrected chi connectivity index (χ2v) is 7.62. The molecule has 162 valence electrons. The Morgan fingerprint density at radius 2 is 1.57 bits per heavy atom. The number of carbonyl (C=O) groups is 1. The largest absolute Gasteiger partial charge is 0.493 e. The van der Waals surface area contributed by atoms with E-state index >= 15 is 0 Å². The summed E-state index contributed by atoms with van der Waals surface area (Å²) in [5, 5.41) is 3.02. The minimum absolute atomic E-state index is 0.0147. The molecular formula is C24H32N2O4. The zero-order valence-electron chi connectivity index (χ0n) is 18.4. The first-order chi connectivity index (χ1) is 14.6. The number of nitrogens with one attached hydrogen (secondary N) is 1. The second kappa shape index (κ2) is 10.3. The fourth-order valence-electron chi connectivity index (χ4n) is 3.55. The summed E-state index contributed by atoms with van der Waals surface area (Å²) in [6, 6.07) is 12.9. The monoisotopic (exact) mass is 412 g/mol. The van der Waals surface area contributed by atoms with Crippen LogP contribution >= 0.6 is 0 Å². The van der Waals surface area contributed by atoms with Crippen LogP contribution in [0.2, 0.25) is 0 Å². The third kappa shape index (κ3) is 5.66. The van der Waals surface area contributed by atoms with Crippen molar-refractivity contribution < 1.29 is 19.0 Å². The predicted molar refractivity (Wildman–Crippen MR) is 117 cm³/mol. The molecule has 0 heterocycles. The molecule has 1 saturated carbocycles. The quantitative estimate of drug-likeness (QED) is 0.612. The van der Waals surface area contributed by atoms with E-state index in [0.29, 0.717) is 36.4 Å². The van der Waals surface area contributed by atoms with Gasteiger partial charge in [0.25, 0.3) is 0 Å². The van der Waals surface area contributed by atoms with E-state index in [1.54, 1.807) is 21.3 Å². The number of hydrogen-bond acceptors (Lipinski definition) is 5. The molecule has 0 spiro atoms. The number of ether oxygens (including phenoxy) is 3. The smallest absolute Gasteiger partial charge is 0.234 e. The van der Waals surface area contributed by atoms with Crippen LogP contribution in [0.4, 0.5) is 0 Å². The zero-order chi connectivity index (χ0) is 21.5. The Kier molecular flexibility index (Phi) is 7.57. The van der Waals surface area contributed by atoms with Crippen molar-refractivity contribution in [2.45, 2.75) is 45.3 Å². The predicted octanol–water partition coefficient (Wildman–Crippen LogP) is 3.56. The first kappa shape index (κ1) is 22.0. The molecule has 6 nitrogen and oxygen atoms in total. The van der Waals surface area contributed by atoms with Crippen LogP contribution in [0.15, 0.2) is 36.4 Å². The van der Waals surface area contributed by atoms with E-state index in [-0.39, 0.29) is 5.91 Å². The van der Waals surface area contributed by atoms with Gasteiger partial charge in [0.15, 0.2) is 11.5 Å². The SMILES string of the molecule is CCc1ccc(CN(CC(=O)NCc2cc(OC)c(OC)c(OC)c2)C2CC2)cc1. The Morgan fingerprint density at radius 3 is 2.07 bits per heavy atom. The van der Waals surface area contributed by atoms with Crippen molar-refractivity contribution in [1.82, 2.24) is 10.2 Å². The first-order valence-electron chi connectivity index (χ1n) is 10.4. The van der Waals surface area contributed by atoms with Gasteiger partial charge >= 0.3 is 0 Å². The third-order valence-electron chi connectivity index (χ3n) is 5.44. The average molecular weight is 413 g/mol. The van der Waals surface area contributed by atoms with Gasteiger partial charge in [0.1, 0.15) is 0 Å². The summed E-state index contributed by atoms with van der Waals surface area (Å²) in [5.41, 5.74) is 3.47. The standard InChI is InChI=1S/C24H32N2O4/c1-5-17-6-8-18(9-7-17)15-26(20-10-11-20)16-23(27)25-14-19-12-21(28-2)24(30-4)22(13-19)29-3/h6-9,12-13,20H,5,10-11,14-16H2,1-4H3,(H,25,27). The van der Waals surface area contributed by atoms with Gasteiger partial charge < -0.3 is 19.5 Å². The van der Waals surface area contributed by atoms with Crippen molar-refractivity contribution in [3.05, 3.63) is 53.1 Å². The van der Waals surface area contributed by atoms with Crippen LogP contribution in [0.3, 0.4) is 0 Å². The Morgan fingerprint density at radius 1 is 0.967 bits per heavy atom. The number of methoxy groups -OCH3 is 3. The Balaban J connectivity index is 1.59. The van der Waals surface area contributed by atoms with Crippen molar-refractivity contribution in [3.63, 3.8) is 0 Å². The number of amides is 1. The van der Waals surface area contributed by atoms with Crippen LogP contribution < -0.4 is 19.5 Å². The maximum Gasteiger partial charge on any atom is 0.234 e. The molecule has 0 unspecified atom stereocenters. The Bertz CT molecular complexity index is 822. The van der Waals surface area contributed by atoms with Crippen molar-refractivity contribution in [3.8, 4) is 17.2 Å². The summed E-state index contributed by atoms with van der Waals surface area (Å²) in [6.07, 6.45) is 3.36. The van der Waals surface area contributed by atoms with E-state index in [1.165, 1.54) is 11.1 Å². The van der Waals surface area contributed by atoms with Gasteiger partial charge in [-0.3, -0.25) is 9.69 Å². The number of nitrogens with zero attached hydrogens (tertiary/aromatic N) is 1. The molecular weight excluding hydrogens is 380 g/mol. The summed E-state index contributed by atoms with van der Waals surface area (Å²) in [5.74, 6) is 1.72. The highest BCUT2D eigenvalue weighted by Gasteiger charge is 2.30. The molecule has 2 aromatic rings. The second-order valence-electron chi connectivity index (χ2n) is 7.62. The van der Waals surface area contributed by atoms with Crippen molar-refractivity contribution in [1.29, 1.82) is 0 Å². The lowest BCUT2D eigenvalue weighted by Crippen LogP contribution is -2.37. The molecule has 1 N–H and O–H groups in total. The summed E-state index contributed by atoms with van der Waals surface area (Å²) in [6.45, 7) is 3.75. The van der Waals surface area contributed by atoms with E-state index in [4.69, 9.17) is 14.2 Å². The van der Waals surface area contributed by atoms with Crippen LogP contribution in [-0.2, 0) is 24.3 Å². The molecule has 30 heavy (non-hydrogen) atoms. The summed E-state index contributed by atoms with van der Waals surface area (Å²) >= 11 is 0. The number of hydrogen-bond donors (Lipinski definition) is 1. The van der Waals surface area contributed by atoms with E-state index in [1.807, 2.05) is 12.1 Å². The molecule has 0 aliphatic heterocycles. The van der Waals surface area contributed by atoms with Crippen LogP contribution in [-0.4, -0.2) is 44.7 Å². The molecule has 0 saturated heterocycles. The lowest BCUT2D eigenvalue weighted by molar-refractivity contribution is -0.122. The highest BCUT2D eigenvalue weighted by Crippen LogP contribution is 2.38. The number of aryl methyl sites for hydroxylation is 1. The average Bonchev–Trinajstić information content (AvgIpc) is 3.62. The molecule has 0 atom stereocenters. The van der Waals surface area contributed by atoms with Crippen molar-refractivity contribution in [2.75, 3.05) is 27.9 Å². The normalized spacial score (nSPS) is 13.2. The van der Waals surface area contributed by atoms with Crippen LogP contribution in [0.25, 0.3) is 0 Å². The molecule has 3 rings (SSSR count). The van der Waals surface area contributed by atoms with Gasteiger partial charge in [-0.25, -0.2) is 0 Å². The third-order valence-corrected chi connectivity index (χ3v) is 5.44. The molecule has 1 amide bonds. The van der Waals surface area contributed by atoms with Gasteiger partial charge in [-0.05, 0) is 48.1 Å². The number of benzene rings is 2.